The average Bonchev–Trinajstić information content (AvgIpc) is 2.28. The Kier molecular flexibility index (Phi) is 4.53. The minimum absolute atomic E-state index is 0.105. The van der Waals surface area contributed by atoms with E-state index in [0.717, 1.165) is 6.42 Å². The minimum Gasteiger partial charge on any atom is -0.465 e. The van der Waals surface area contributed by atoms with E-state index < -0.39 is 0 Å². The molecule has 0 heterocycles. The highest BCUT2D eigenvalue weighted by Gasteiger charge is 2.22. The largest absolute Gasteiger partial charge is 0.465 e. The first-order valence-electron chi connectivity index (χ1n) is 5.77. The van der Waals surface area contributed by atoms with Crippen LogP contribution in [0.4, 0.5) is 0 Å². The molecule has 0 aliphatic heterocycles. The number of carbonyl (C=O) groups is 1. The SMILES string of the molecule is CCCC(=O)OCC(C)(C)c1ccccc1. The molecule has 0 atom stereocenters. The molecule has 0 saturated heterocycles. The maximum atomic E-state index is 11.3. The van der Waals surface area contributed by atoms with Gasteiger partial charge in [0.2, 0.25) is 0 Å². The molecule has 2 heteroatoms. The molecule has 1 aromatic rings. The zero-order valence-electron chi connectivity index (χ0n) is 10.3. The monoisotopic (exact) mass is 220 g/mol. The Balaban J connectivity index is 2.55. The highest BCUT2D eigenvalue weighted by atomic mass is 16.5. The molecule has 1 aromatic carbocycles. The van der Waals surface area contributed by atoms with Crippen molar-refractivity contribution in [2.75, 3.05) is 6.61 Å². The molecule has 0 spiro atoms. The van der Waals surface area contributed by atoms with Crippen molar-refractivity contribution in [3.63, 3.8) is 0 Å². The van der Waals surface area contributed by atoms with Crippen molar-refractivity contribution in [1.29, 1.82) is 0 Å². The second-order valence-electron chi connectivity index (χ2n) is 4.66. The van der Waals surface area contributed by atoms with Crippen LogP contribution in [0.25, 0.3) is 0 Å². The Labute approximate surface area is 97.6 Å². The summed E-state index contributed by atoms with van der Waals surface area (Å²) < 4.78 is 5.26. The molecule has 0 aliphatic carbocycles. The van der Waals surface area contributed by atoms with E-state index in [2.05, 4.69) is 26.0 Å². The van der Waals surface area contributed by atoms with Gasteiger partial charge in [-0.1, -0.05) is 51.1 Å². The van der Waals surface area contributed by atoms with Gasteiger partial charge in [0.05, 0.1) is 0 Å². The molecular formula is C14H20O2. The summed E-state index contributed by atoms with van der Waals surface area (Å²) in [6.45, 7) is 6.59. The van der Waals surface area contributed by atoms with Crippen molar-refractivity contribution in [2.45, 2.75) is 39.0 Å². The summed E-state index contributed by atoms with van der Waals surface area (Å²) >= 11 is 0. The van der Waals surface area contributed by atoms with Gasteiger partial charge in [0.1, 0.15) is 6.61 Å². The Morgan fingerprint density at radius 3 is 2.44 bits per heavy atom. The fourth-order valence-electron chi connectivity index (χ4n) is 1.51. The minimum atomic E-state index is -0.120. The van der Waals surface area contributed by atoms with E-state index in [9.17, 15) is 4.79 Å². The summed E-state index contributed by atoms with van der Waals surface area (Å²) in [7, 11) is 0. The van der Waals surface area contributed by atoms with Gasteiger partial charge < -0.3 is 4.74 Å². The Bertz CT molecular complexity index is 328. The first-order valence-corrected chi connectivity index (χ1v) is 5.77. The third-order valence-electron chi connectivity index (χ3n) is 2.60. The molecule has 88 valence electrons. The lowest BCUT2D eigenvalue weighted by molar-refractivity contribution is -0.145. The highest BCUT2D eigenvalue weighted by molar-refractivity contribution is 5.69. The van der Waals surface area contributed by atoms with E-state index in [0.29, 0.717) is 13.0 Å². The van der Waals surface area contributed by atoms with Gasteiger partial charge in [-0.15, -0.1) is 0 Å². The Hall–Kier alpha value is -1.31. The van der Waals surface area contributed by atoms with Crippen molar-refractivity contribution < 1.29 is 9.53 Å². The highest BCUT2D eigenvalue weighted by Crippen LogP contribution is 2.23. The summed E-state index contributed by atoms with van der Waals surface area (Å²) in [5, 5.41) is 0. The maximum absolute atomic E-state index is 11.3. The number of esters is 1. The van der Waals surface area contributed by atoms with Crippen LogP contribution in [-0.2, 0) is 14.9 Å². The van der Waals surface area contributed by atoms with Gasteiger partial charge in [-0.2, -0.15) is 0 Å². The van der Waals surface area contributed by atoms with Crippen molar-refractivity contribution in [3.8, 4) is 0 Å². The first-order chi connectivity index (χ1) is 7.56. The van der Waals surface area contributed by atoms with Gasteiger partial charge in [-0.3, -0.25) is 4.79 Å². The van der Waals surface area contributed by atoms with Crippen LogP contribution in [0.15, 0.2) is 30.3 Å². The van der Waals surface area contributed by atoms with Crippen LogP contribution >= 0.6 is 0 Å². The predicted octanol–water partition coefficient (Wildman–Crippen LogP) is 3.31. The summed E-state index contributed by atoms with van der Waals surface area (Å²) in [4.78, 5) is 11.3. The number of carbonyl (C=O) groups excluding carboxylic acids is 1. The number of hydrogen-bond donors (Lipinski definition) is 0. The quantitative estimate of drug-likeness (QED) is 0.712. The molecule has 0 radical (unpaired) electrons. The van der Waals surface area contributed by atoms with Gasteiger partial charge in [0, 0.05) is 11.8 Å². The van der Waals surface area contributed by atoms with Crippen LogP contribution in [0.2, 0.25) is 0 Å². The molecular weight excluding hydrogens is 200 g/mol. The molecule has 0 N–H and O–H groups in total. The second kappa shape index (κ2) is 5.69. The van der Waals surface area contributed by atoms with Crippen molar-refractivity contribution in [1.82, 2.24) is 0 Å². The van der Waals surface area contributed by atoms with E-state index in [-0.39, 0.29) is 11.4 Å². The number of ether oxygens (including phenoxy) is 1. The summed E-state index contributed by atoms with van der Waals surface area (Å²) in [5.41, 5.74) is 1.07. The van der Waals surface area contributed by atoms with Crippen molar-refractivity contribution in [3.05, 3.63) is 35.9 Å². The fraction of sp³-hybridized carbons (Fsp3) is 0.500. The molecule has 0 saturated carbocycles. The third-order valence-corrected chi connectivity index (χ3v) is 2.60. The van der Waals surface area contributed by atoms with Crippen molar-refractivity contribution >= 4 is 5.97 Å². The molecule has 0 fully saturated rings. The topological polar surface area (TPSA) is 26.3 Å². The molecule has 0 unspecified atom stereocenters. The van der Waals surface area contributed by atoms with Crippen molar-refractivity contribution in [2.24, 2.45) is 0 Å². The van der Waals surface area contributed by atoms with E-state index >= 15 is 0 Å². The normalized spacial score (nSPS) is 11.2. The Morgan fingerprint density at radius 2 is 1.88 bits per heavy atom. The molecule has 0 aliphatic rings. The Morgan fingerprint density at radius 1 is 1.25 bits per heavy atom. The number of benzene rings is 1. The summed E-state index contributed by atoms with van der Waals surface area (Å²) in [6.07, 6.45) is 1.34. The maximum Gasteiger partial charge on any atom is 0.305 e. The molecule has 2 nitrogen and oxygen atoms in total. The van der Waals surface area contributed by atoms with E-state index in [4.69, 9.17) is 4.74 Å². The van der Waals surface area contributed by atoms with Crippen LogP contribution in [-0.4, -0.2) is 12.6 Å². The second-order valence-corrected chi connectivity index (χ2v) is 4.66. The predicted molar refractivity (Wildman–Crippen MR) is 65.3 cm³/mol. The average molecular weight is 220 g/mol. The summed E-state index contributed by atoms with van der Waals surface area (Å²) in [6, 6.07) is 10.1. The van der Waals surface area contributed by atoms with Gasteiger partial charge in [0.25, 0.3) is 0 Å². The molecule has 1 rings (SSSR count). The smallest absolute Gasteiger partial charge is 0.305 e. The van der Waals surface area contributed by atoms with Crippen LogP contribution in [0.1, 0.15) is 39.2 Å². The van der Waals surface area contributed by atoms with Gasteiger partial charge >= 0.3 is 5.97 Å². The van der Waals surface area contributed by atoms with Crippen LogP contribution < -0.4 is 0 Å². The van der Waals surface area contributed by atoms with Gasteiger partial charge in [-0.05, 0) is 12.0 Å². The standard InChI is InChI=1S/C14H20O2/c1-4-8-13(15)16-11-14(2,3)12-9-6-5-7-10-12/h5-7,9-10H,4,8,11H2,1-3H3. The molecule has 0 aromatic heterocycles. The number of hydrogen-bond acceptors (Lipinski definition) is 2. The van der Waals surface area contributed by atoms with Crippen LogP contribution in [0, 0.1) is 0 Å². The third kappa shape index (κ3) is 3.69. The zero-order valence-corrected chi connectivity index (χ0v) is 10.3. The van der Waals surface area contributed by atoms with Gasteiger partial charge in [-0.25, -0.2) is 0 Å². The number of rotatable bonds is 5. The fourth-order valence-corrected chi connectivity index (χ4v) is 1.51. The zero-order chi connectivity index (χ0) is 12.0. The lowest BCUT2D eigenvalue weighted by Crippen LogP contribution is -2.26. The van der Waals surface area contributed by atoms with Gasteiger partial charge in [0.15, 0.2) is 0 Å². The molecule has 0 bridgehead atoms. The van der Waals surface area contributed by atoms with Crippen LogP contribution in [0.3, 0.4) is 0 Å². The lowest BCUT2D eigenvalue weighted by atomic mass is 9.86. The molecule has 0 amide bonds. The van der Waals surface area contributed by atoms with E-state index in [1.165, 1.54) is 5.56 Å². The lowest BCUT2D eigenvalue weighted by Gasteiger charge is -2.24. The van der Waals surface area contributed by atoms with Crippen LogP contribution in [0.5, 0.6) is 0 Å². The first kappa shape index (κ1) is 12.8. The van der Waals surface area contributed by atoms with E-state index in [1.807, 2.05) is 25.1 Å². The van der Waals surface area contributed by atoms with E-state index in [1.54, 1.807) is 0 Å². The molecule has 16 heavy (non-hydrogen) atoms. The summed E-state index contributed by atoms with van der Waals surface area (Å²) in [5.74, 6) is -0.105.